The van der Waals surface area contributed by atoms with Crippen molar-refractivity contribution in [3.8, 4) is 0 Å². The fraction of sp³-hybridized carbons (Fsp3) is 0.696. The Kier molecular flexibility index (Phi) is 8.62. The number of carbonyl (C=O) groups is 1. The van der Waals surface area contributed by atoms with Crippen molar-refractivity contribution in [2.24, 2.45) is 0 Å². The van der Waals surface area contributed by atoms with Gasteiger partial charge in [0.25, 0.3) is 7.59 Å². The number of hydroxylamine groups is 2. The number of hydrogen-bond donors (Lipinski definition) is 1. The first-order chi connectivity index (χ1) is 15.1. The first-order valence-electron chi connectivity index (χ1n) is 11.6. The number of halogens is 1. The van der Waals surface area contributed by atoms with Gasteiger partial charge in [-0.2, -0.15) is 0 Å². The standard InChI is InChI=1S/C23H38BrN4O3P/c1-16(2)27-21-9-7-8-10-22(21)28(17(3)4)32(27,30)25-20(15-23(29)26(5)31-6)18-11-13-19(24)14-12-18/h11-14,16-17,20-22H,7-10,15H2,1-6H3,(H,25,30)/t20-,21+,22+/m1/s1. The van der Waals surface area contributed by atoms with Gasteiger partial charge in [-0.25, -0.2) is 19.5 Å². The number of amides is 1. The number of carbonyl (C=O) groups excluding carboxylic acids is 1. The highest BCUT2D eigenvalue weighted by Crippen LogP contribution is 2.63. The molecule has 1 aromatic rings. The molecule has 0 aromatic heterocycles. The molecule has 2 fully saturated rings. The summed E-state index contributed by atoms with van der Waals surface area (Å²) in [5.41, 5.74) is 0.934. The topological polar surface area (TPSA) is 65.1 Å². The lowest BCUT2D eigenvalue weighted by molar-refractivity contribution is -0.169. The Hall–Kier alpha value is -0.760. The van der Waals surface area contributed by atoms with Gasteiger partial charge in [-0.3, -0.25) is 14.2 Å². The number of nitrogens with one attached hydrogen (secondary N) is 1. The van der Waals surface area contributed by atoms with Gasteiger partial charge in [-0.1, -0.05) is 40.9 Å². The molecule has 2 aliphatic rings. The summed E-state index contributed by atoms with van der Waals surface area (Å²) in [5.74, 6) is -0.164. The van der Waals surface area contributed by atoms with E-state index in [-0.39, 0.29) is 36.5 Å². The van der Waals surface area contributed by atoms with Crippen LogP contribution in [0.3, 0.4) is 0 Å². The Morgan fingerprint density at radius 2 is 1.62 bits per heavy atom. The van der Waals surface area contributed by atoms with Crippen molar-refractivity contribution in [2.75, 3.05) is 14.2 Å². The number of fused-ring (bicyclic) bond motifs is 1. The van der Waals surface area contributed by atoms with Crippen molar-refractivity contribution in [1.29, 1.82) is 0 Å². The van der Waals surface area contributed by atoms with Crippen LogP contribution in [0, 0.1) is 0 Å². The van der Waals surface area contributed by atoms with E-state index in [1.165, 1.54) is 25.0 Å². The van der Waals surface area contributed by atoms with E-state index in [1.807, 2.05) is 24.3 Å². The van der Waals surface area contributed by atoms with E-state index >= 15 is 0 Å². The third-order valence-electron chi connectivity index (χ3n) is 6.66. The highest BCUT2D eigenvalue weighted by atomic mass is 79.9. The summed E-state index contributed by atoms with van der Waals surface area (Å²) in [7, 11) is -0.0608. The Balaban J connectivity index is 2.03. The number of nitrogens with zero attached hydrogens (tertiary/aromatic N) is 3. The summed E-state index contributed by atoms with van der Waals surface area (Å²) in [6.45, 7) is 8.51. The quantitative estimate of drug-likeness (QED) is 0.362. The van der Waals surface area contributed by atoms with Crippen LogP contribution in [0.15, 0.2) is 28.7 Å². The zero-order chi connectivity index (χ0) is 23.6. The zero-order valence-corrected chi connectivity index (χ0v) is 22.6. The summed E-state index contributed by atoms with van der Waals surface area (Å²) in [6.07, 6.45) is 4.62. The molecule has 1 aliphatic heterocycles. The Labute approximate surface area is 201 Å². The monoisotopic (exact) mass is 528 g/mol. The highest BCUT2D eigenvalue weighted by Gasteiger charge is 2.57. The molecule has 7 nitrogen and oxygen atoms in total. The number of hydrogen-bond acceptors (Lipinski definition) is 3. The smallest absolute Gasteiger partial charge is 0.275 e. The van der Waals surface area contributed by atoms with Crippen LogP contribution in [-0.4, -0.2) is 58.6 Å². The molecule has 0 bridgehead atoms. The fourth-order valence-electron chi connectivity index (χ4n) is 5.30. The minimum Gasteiger partial charge on any atom is -0.275 e. The van der Waals surface area contributed by atoms with Crippen LogP contribution in [0.25, 0.3) is 0 Å². The SMILES string of the molecule is CON(C)C(=O)C[C@@H](NP1(=O)N(C(C)C)[C@H]2CCCC[C@@H]2N1C(C)C)c1ccc(Br)cc1. The molecule has 1 saturated heterocycles. The minimum atomic E-state index is -3.14. The number of benzene rings is 1. The normalized spacial score (nSPS) is 24.7. The lowest BCUT2D eigenvalue weighted by Crippen LogP contribution is -2.43. The molecule has 32 heavy (non-hydrogen) atoms. The van der Waals surface area contributed by atoms with E-state index in [9.17, 15) is 9.36 Å². The Morgan fingerprint density at radius 1 is 1.12 bits per heavy atom. The largest absolute Gasteiger partial charge is 0.285 e. The minimum absolute atomic E-state index is 0.130. The van der Waals surface area contributed by atoms with E-state index in [0.29, 0.717) is 0 Å². The molecule has 1 N–H and O–H groups in total. The summed E-state index contributed by atoms with van der Waals surface area (Å²) < 4.78 is 20.4. The zero-order valence-electron chi connectivity index (χ0n) is 20.1. The second-order valence-corrected chi connectivity index (χ2v) is 12.6. The molecule has 3 atom stereocenters. The summed E-state index contributed by atoms with van der Waals surface area (Å²) in [5, 5.41) is 4.78. The molecule has 1 aromatic carbocycles. The molecular weight excluding hydrogens is 491 g/mol. The van der Waals surface area contributed by atoms with Crippen LogP contribution in [0.4, 0.5) is 0 Å². The van der Waals surface area contributed by atoms with Crippen LogP contribution in [0.2, 0.25) is 0 Å². The molecule has 0 unspecified atom stereocenters. The van der Waals surface area contributed by atoms with Crippen molar-refractivity contribution < 1.29 is 14.2 Å². The molecular formula is C23H38BrN4O3P. The second kappa shape index (κ2) is 10.7. The van der Waals surface area contributed by atoms with Crippen LogP contribution < -0.4 is 5.09 Å². The highest BCUT2D eigenvalue weighted by molar-refractivity contribution is 9.10. The molecule has 9 heteroatoms. The lowest BCUT2D eigenvalue weighted by Gasteiger charge is -2.38. The van der Waals surface area contributed by atoms with Gasteiger partial charge in [0.2, 0.25) is 5.91 Å². The van der Waals surface area contributed by atoms with Crippen LogP contribution >= 0.6 is 23.5 Å². The van der Waals surface area contributed by atoms with E-state index in [4.69, 9.17) is 4.84 Å². The summed E-state index contributed by atoms with van der Waals surface area (Å²) in [4.78, 5) is 17.9. The lowest BCUT2D eigenvalue weighted by atomic mass is 9.89. The third-order valence-corrected chi connectivity index (χ3v) is 10.6. The van der Waals surface area contributed by atoms with Gasteiger partial charge >= 0.3 is 0 Å². The molecule has 1 aliphatic carbocycles. The van der Waals surface area contributed by atoms with E-state index in [1.54, 1.807) is 7.05 Å². The van der Waals surface area contributed by atoms with Crippen LogP contribution in [-0.2, 0) is 14.2 Å². The first kappa shape index (κ1) is 25.9. The second-order valence-electron chi connectivity index (χ2n) is 9.42. The van der Waals surface area contributed by atoms with E-state index in [0.717, 1.165) is 22.9 Å². The maximum Gasteiger partial charge on any atom is 0.285 e. The number of rotatable bonds is 8. The van der Waals surface area contributed by atoms with E-state index in [2.05, 4.69) is 58.1 Å². The van der Waals surface area contributed by atoms with Gasteiger partial charge in [0.1, 0.15) is 0 Å². The van der Waals surface area contributed by atoms with Crippen LogP contribution in [0.5, 0.6) is 0 Å². The van der Waals surface area contributed by atoms with Gasteiger partial charge in [0.05, 0.1) is 7.11 Å². The molecule has 0 spiro atoms. The molecule has 1 amide bonds. The summed E-state index contributed by atoms with van der Waals surface area (Å²) in [6, 6.07) is 8.28. The van der Waals surface area contributed by atoms with Gasteiger partial charge < -0.3 is 0 Å². The maximum absolute atomic E-state index is 15.0. The van der Waals surface area contributed by atoms with Crippen molar-refractivity contribution in [1.82, 2.24) is 19.5 Å². The van der Waals surface area contributed by atoms with E-state index < -0.39 is 13.6 Å². The molecule has 1 heterocycles. The van der Waals surface area contributed by atoms with Gasteiger partial charge in [0, 0.05) is 48.2 Å². The predicted octanol–water partition coefficient (Wildman–Crippen LogP) is 5.34. The van der Waals surface area contributed by atoms with Gasteiger partial charge in [0.15, 0.2) is 0 Å². The van der Waals surface area contributed by atoms with Gasteiger partial charge in [-0.15, -0.1) is 0 Å². The summed E-state index contributed by atoms with van der Waals surface area (Å²) >= 11 is 3.49. The van der Waals surface area contributed by atoms with Crippen LogP contribution in [0.1, 0.15) is 71.4 Å². The van der Waals surface area contributed by atoms with Crippen molar-refractivity contribution in [2.45, 2.75) is 90.0 Å². The van der Waals surface area contributed by atoms with Crippen molar-refractivity contribution in [3.05, 3.63) is 34.3 Å². The molecule has 0 radical (unpaired) electrons. The average Bonchev–Trinajstić information content (AvgIpc) is 3.01. The Bertz CT molecular complexity index is 807. The fourth-order valence-corrected chi connectivity index (χ4v) is 9.31. The first-order valence-corrected chi connectivity index (χ1v) is 14.0. The maximum atomic E-state index is 15.0. The molecule has 3 rings (SSSR count). The Morgan fingerprint density at radius 3 is 2.06 bits per heavy atom. The predicted molar refractivity (Wildman–Crippen MR) is 132 cm³/mol. The molecule has 1 saturated carbocycles. The van der Waals surface area contributed by atoms with Crippen molar-refractivity contribution in [3.63, 3.8) is 0 Å². The molecule has 180 valence electrons. The average molecular weight is 529 g/mol. The van der Waals surface area contributed by atoms with Crippen molar-refractivity contribution >= 4 is 29.4 Å². The third kappa shape index (κ3) is 5.16. The van der Waals surface area contributed by atoms with Gasteiger partial charge in [-0.05, 0) is 58.2 Å².